The molecule has 0 saturated heterocycles. The van der Waals surface area contributed by atoms with E-state index in [4.69, 9.17) is 4.74 Å². The summed E-state index contributed by atoms with van der Waals surface area (Å²) < 4.78 is 43.5. The van der Waals surface area contributed by atoms with Crippen LogP contribution in [-0.2, 0) is 11.0 Å². The average Bonchev–Trinajstić information content (AvgIpc) is 2.59. The second kappa shape index (κ2) is 7.77. The van der Waals surface area contributed by atoms with Crippen molar-refractivity contribution in [1.82, 2.24) is 5.43 Å². The summed E-state index contributed by atoms with van der Waals surface area (Å²) in [5.41, 5.74) is 1.59. The molecule has 28 heavy (non-hydrogen) atoms. The van der Waals surface area contributed by atoms with Crippen LogP contribution in [0.3, 0.4) is 0 Å². The van der Waals surface area contributed by atoms with Gasteiger partial charge in [-0.3, -0.25) is 35.9 Å². The summed E-state index contributed by atoms with van der Waals surface area (Å²) in [6.45, 7) is 1.14. The molecular weight excluding hydrogens is 389 g/mol. The van der Waals surface area contributed by atoms with Crippen molar-refractivity contribution in [3.63, 3.8) is 0 Å². The number of alkyl halides is 3. The highest BCUT2D eigenvalue weighted by molar-refractivity contribution is 5.76. The lowest BCUT2D eigenvalue weighted by molar-refractivity contribution is -0.385. The van der Waals surface area contributed by atoms with Crippen molar-refractivity contribution in [3.05, 3.63) is 62.2 Å². The van der Waals surface area contributed by atoms with E-state index in [1.54, 1.807) is 0 Å². The molecule has 0 aliphatic heterocycles. The number of amides is 1. The van der Waals surface area contributed by atoms with E-state index < -0.39 is 44.6 Å². The van der Waals surface area contributed by atoms with E-state index in [-0.39, 0.29) is 11.4 Å². The van der Waals surface area contributed by atoms with Crippen LogP contribution in [0.15, 0.2) is 36.4 Å². The molecule has 2 aromatic carbocycles. The fraction of sp³-hybridized carbons (Fsp3) is 0.133. The topological polar surface area (TPSA) is 137 Å². The Bertz CT molecular complexity index is 948. The minimum atomic E-state index is -4.79. The van der Waals surface area contributed by atoms with Crippen LogP contribution in [0.2, 0.25) is 0 Å². The number of carbonyl (C=O) groups excluding carboxylic acids is 1. The van der Waals surface area contributed by atoms with E-state index >= 15 is 0 Å². The van der Waals surface area contributed by atoms with Gasteiger partial charge >= 0.3 is 11.9 Å². The molecule has 0 bridgehead atoms. The van der Waals surface area contributed by atoms with Gasteiger partial charge in [0.05, 0.1) is 15.4 Å². The zero-order chi connectivity index (χ0) is 21.1. The number of hydrazine groups is 1. The molecule has 13 heteroatoms. The van der Waals surface area contributed by atoms with Gasteiger partial charge in [0.15, 0.2) is 0 Å². The van der Waals surface area contributed by atoms with Gasteiger partial charge in [0.25, 0.3) is 5.69 Å². The van der Waals surface area contributed by atoms with Crippen LogP contribution in [0.1, 0.15) is 12.5 Å². The van der Waals surface area contributed by atoms with Gasteiger partial charge in [0.1, 0.15) is 11.4 Å². The maximum atomic E-state index is 12.7. The summed E-state index contributed by atoms with van der Waals surface area (Å²) in [6.07, 6.45) is -4.79. The third-order valence-electron chi connectivity index (χ3n) is 3.25. The van der Waals surface area contributed by atoms with Crippen LogP contribution in [0, 0.1) is 20.2 Å². The molecule has 0 spiro atoms. The van der Waals surface area contributed by atoms with Crippen LogP contribution in [-0.4, -0.2) is 15.8 Å². The molecule has 10 nitrogen and oxygen atoms in total. The number of halogens is 3. The largest absolute Gasteiger partial charge is 0.450 e. The van der Waals surface area contributed by atoms with Crippen molar-refractivity contribution >= 4 is 23.0 Å². The quantitative estimate of drug-likeness (QED) is 0.556. The molecule has 0 aliphatic carbocycles. The lowest BCUT2D eigenvalue weighted by atomic mass is 10.2. The molecule has 0 radical (unpaired) electrons. The fourth-order valence-electron chi connectivity index (χ4n) is 2.04. The Kier molecular flexibility index (Phi) is 5.67. The van der Waals surface area contributed by atoms with Crippen molar-refractivity contribution in [3.8, 4) is 11.5 Å². The van der Waals surface area contributed by atoms with Crippen molar-refractivity contribution in [2.75, 3.05) is 5.43 Å². The van der Waals surface area contributed by atoms with Crippen LogP contribution in [0.4, 0.5) is 30.2 Å². The van der Waals surface area contributed by atoms with Gasteiger partial charge in [-0.15, -0.1) is 0 Å². The number of carbonyl (C=O) groups is 1. The van der Waals surface area contributed by atoms with E-state index in [9.17, 15) is 38.2 Å². The molecule has 2 aromatic rings. The normalized spacial score (nSPS) is 10.9. The Morgan fingerprint density at radius 2 is 1.68 bits per heavy atom. The molecule has 0 aliphatic rings. The molecule has 0 atom stereocenters. The number of anilines is 1. The molecule has 0 aromatic heterocycles. The van der Waals surface area contributed by atoms with Crippen LogP contribution in [0.5, 0.6) is 11.5 Å². The van der Waals surface area contributed by atoms with Gasteiger partial charge < -0.3 is 4.74 Å². The number of hydrogen-bond donors (Lipinski definition) is 2. The number of nitrogens with zero attached hydrogens (tertiary/aromatic N) is 2. The predicted octanol–water partition coefficient (Wildman–Crippen LogP) is 3.78. The lowest BCUT2D eigenvalue weighted by Crippen LogP contribution is -2.26. The number of nitro benzene ring substituents is 2. The van der Waals surface area contributed by atoms with Gasteiger partial charge in [-0.2, -0.15) is 13.2 Å². The van der Waals surface area contributed by atoms with Gasteiger partial charge in [-0.1, -0.05) is 0 Å². The fourth-order valence-corrected chi connectivity index (χ4v) is 2.04. The molecule has 0 unspecified atom stereocenters. The van der Waals surface area contributed by atoms with Crippen molar-refractivity contribution < 1.29 is 32.5 Å². The van der Waals surface area contributed by atoms with Crippen LogP contribution in [0.25, 0.3) is 0 Å². The number of hydrogen-bond acceptors (Lipinski definition) is 7. The Labute approximate surface area is 154 Å². The summed E-state index contributed by atoms with van der Waals surface area (Å²) in [5, 5.41) is 22.1. The van der Waals surface area contributed by atoms with Crippen molar-refractivity contribution in [2.45, 2.75) is 13.1 Å². The first-order chi connectivity index (χ1) is 13.0. The Balaban J connectivity index is 2.42. The summed E-state index contributed by atoms with van der Waals surface area (Å²) in [5.74, 6) is -1.21. The molecule has 2 N–H and O–H groups in total. The smallest absolute Gasteiger partial charge is 0.416 e. The predicted molar refractivity (Wildman–Crippen MR) is 88.7 cm³/mol. The Morgan fingerprint density at radius 1 is 1.04 bits per heavy atom. The molecule has 148 valence electrons. The molecule has 0 heterocycles. The number of ether oxygens (including phenoxy) is 1. The summed E-state index contributed by atoms with van der Waals surface area (Å²) >= 11 is 0. The highest BCUT2D eigenvalue weighted by atomic mass is 19.4. The summed E-state index contributed by atoms with van der Waals surface area (Å²) in [7, 11) is 0. The first-order valence-corrected chi connectivity index (χ1v) is 7.33. The maximum Gasteiger partial charge on any atom is 0.416 e. The number of nitrogens with one attached hydrogen (secondary N) is 2. The minimum absolute atomic E-state index is 0.152. The molecule has 2 rings (SSSR count). The number of nitro groups is 2. The van der Waals surface area contributed by atoms with E-state index in [0.29, 0.717) is 12.1 Å². The standard InChI is InChI=1S/C15H11F3N4O6/c1-8(23)19-20-11-7-10(3-4-12(11)21(24)25)28-14-5-2-9(15(16,17)18)6-13(14)22(26)27/h2-7,20H,1H3,(H,19,23). The minimum Gasteiger partial charge on any atom is -0.450 e. The third-order valence-corrected chi connectivity index (χ3v) is 3.25. The van der Waals surface area contributed by atoms with Crippen molar-refractivity contribution in [1.29, 1.82) is 0 Å². The number of rotatable bonds is 6. The zero-order valence-corrected chi connectivity index (χ0v) is 13.9. The summed E-state index contributed by atoms with van der Waals surface area (Å²) in [4.78, 5) is 31.3. The van der Waals surface area contributed by atoms with Crippen LogP contribution < -0.4 is 15.6 Å². The van der Waals surface area contributed by atoms with E-state index in [2.05, 4.69) is 10.9 Å². The van der Waals surface area contributed by atoms with Crippen molar-refractivity contribution in [2.24, 2.45) is 0 Å². The molecular formula is C15H11F3N4O6. The first kappa shape index (κ1) is 20.4. The Morgan fingerprint density at radius 3 is 2.21 bits per heavy atom. The summed E-state index contributed by atoms with van der Waals surface area (Å²) in [6, 6.07) is 4.83. The SMILES string of the molecule is CC(=O)NNc1cc(Oc2ccc(C(F)(F)F)cc2[N+](=O)[O-])ccc1[N+](=O)[O-]. The zero-order valence-electron chi connectivity index (χ0n) is 13.9. The van der Waals surface area contributed by atoms with E-state index in [1.807, 2.05) is 0 Å². The average molecular weight is 400 g/mol. The molecule has 0 saturated carbocycles. The highest BCUT2D eigenvalue weighted by Crippen LogP contribution is 2.39. The highest BCUT2D eigenvalue weighted by Gasteiger charge is 2.33. The molecule has 1 amide bonds. The lowest BCUT2D eigenvalue weighted by Gasteiger charge is -2.12. The van der Waals surface area contributed by atoms with Crippen LogP contribution >= 0.6 is 0 Å². The monoisotopic (exact) mass is 400 g/mol. The van der Waals surface area contributed by atoms with Gasteiger partial charge in [-0.05, 0) is 18.2 Å². The second-order valence-corrected chi connectivity index (χ2v) is 5.28. The third kappa shape index (κ3) is 4.84. The molecule has 0 fully saturated rings. The number of benzene rings is 2. The Hall–Kier alpha value is -3.90. The van der Waals surface area contributed by atoms with Gasteiger partial charge in [0, 0.05) is 25.1 Å². The van der Waals surface area contributed by atoms with Gasteiger partial charge in [-0.25, -0.2) is 0 Å². The maximum absolute atomic E-state index is 12.7. The first-order valence-electron chi connectivity index (χ1n) is 7.33. The van der Waals surface area contributed by atoms with Gasteiger partial charge in [0.2, 0.25) is 11.7 Å². The second-order valence-electron chi connectivity index (χ2n) is 5.28. The van der Waals surface area contributed by atoms with E-state index in [1.165, 1.54) is 0 Å². The van der Waals surface area contributed by atoms with E-state index in [0.717, 1.165) is 31.2 Å².